The van der Waals surface area contributed by atoms with E-state index >= 15 is 0 Å². The molecule has 0 aliphatic rings. The minimum atomic E-state index is -0.757. The number of carbonyl (C=O) groups excluding carboxylic acids is 2. The van der Waals surface area contributed by atoms with Gasteiger partial charge < -0.3 is 20.5 Å². The zero-order valence-electron chi connectivity index (χ0n) is 14.5. The first-order chi connectivity index (χ1) is 12.5. The van der Waals surface area contributed by atoms with Crippen molar-refractivity contribution in [3.05, 3.63) is 53.6 Å². The molecule has 0 spiro atoms. The molecule has 0 saturated heterocycles. The van der Waals surface area contributed by atoms with Crippen molar-refractivity contribution in [2.45, 2.75) is 6.92 Å². The summed E-state index contributed by atoms with van der Waals surface area (Å²) in [6.07, 6.45) is 1.40. The Morgan fingerprint density at radius 1 is 1.15 bits per heavy atom. The Morgan fingerprint density at radius 3 is 2.54 bits per heavy atom. The largest absolute Gasteiger partial charge is 0.493 e. The van der Waals surface area contributed by atoms with Crippen LogP contribution in [0.3, 0.4) is 0 Å². The summed E-state index contributed by atoms with van der Waals surface area (Å²) in [5.41, 5.74) is 9.48. The molecule has 26 heavy (non-hydrogen) atoms. The van der Waals surface area contributed by atoms with E-state index in [1.165, 1.54) is 13.3 Å². The third-order valence-corrected chi connectivity index (χ3v) is 3.27. The summed E-state index contributed by atoms with van der Waals surface area (Å²) in [6.45, 7) is 1.81. The molecule has 0 heterocycles. The summed E-state index contributed by atoms with van der Waals surface area (Å²) in [4.78, 5) is 22.6. The van der Waals surface area contributed by atoms with E-state index in [4.69, 9.17) is 15.2 Å². The van der Waals surface area contributed by atoms with Gasteiger partial charge in [0.25, 0.3) is 5.91 Å². The molecule has 0 radical (unpaired) electrons. The highest BCUT2D eigenvalue weighted by atomic mass is 16.5. The minimum absolute atomic E-state index is 0.166. The van der Waals surface area contributed by atoms with Gasteiger partial charge in [-0.2, -0.15) is 5.10 Å². The number of urea groups is 1. The Morgan fingerprint density at radius 2 is 1.88 bits per heavy atom. The number of carbonyl (C=O) groups is 2. The summed E-state index contributed by atoms with van der Waals surface area (Å²) >= 11 is 0. The van der Waals surface area contributed by atoms with Gasteiger partial charge in [0.2, 0.25) is 0 Å². The first kappa shape index (κ1) is 18.8. The highest BCUT2D eigenvalue weighted by Crippen LogP contribution is 2.27. The molecule has 0 aliphatic heterocycles. The van der Waals surface area contributed by atoms with Crippen LogP contribution in [0.4, 0.5) is 10.5 Å². The molecule has 3 amide bonds. The predicted octanol–water partition coefficient (Wildman–Crippen LogP) is 2.02. The molecule has 8 heteroatoms. The number of rotatable bonds is 7. The van der Waals surface area contributed by atoms with Crippen LogP contribution >= 0.6 is 0 Å². The smallest absolute Gasteiger partial charge is 0.332 e. The second kappa shape index (κ2) is 9.07. The van der Waals surface area contributed by atoms with Gasteiger partial charge in [0, 0.05) is 5.69 Å². The summed E-state index contributed by atoms with van der Waals surface area (Å²) in [7, 11) is 1.48. The van der Waals surface area contributed by atoms with E-state index < -0.39 is 6.03 Å². The van der Waals surface area contributed by atoms with Gasteiger partial charge >= 0.3 is 6.03 Å². The molecule has 2 rings (SSSR count). The number of methoxy groups -OCH3 is 1. The van der Waals surface area contributed by atoms with Crippen molar-refractivity contribution in [3.8, 4) is 11.5 Å². The molecule has 0 aliphatic carbocycles. The number of nitrogens with one attached hydrogen (secondary N) is 2. The molecule has 0 atom stereocenters. The van der Waals surface area contributed by atoms with Gasteiger partial charge in [-0.3, -0.25) is 4.79 Å². The molecule has 2 aromatic carbocycles. The zero-order valence-corrected chi connectivity index (χ0v) is 14.5. The summed E-state index contributed by atoms with van der Waals surface area (Å²) in [5.74, 6) is 0.551. The van der Waals surface area contributed by atoms with Crippen LogP contribution in [0, 0.1) is 6.92 Å². The lowest BCUT2D eigenvalue weighted by Crippen LogP contribution is -2.24. The Hall–Kier alpha value is -3.55. The summed E-state index contributed by atoms with van der Waals surface area (Å²) in [5, 5.41) is 6.41. The number of amides is 3. The number of hydrazone groups is 1. The Balaban J connectivity index is 1.95. The van der Waals surface area contributed by atoms with Crippen molar-refractivity contribution in [2.75, 3.05) is 19.0 Å². The highest BCUT2D eigenvalue weighted by molar-refractivity contribution is 5.92. The predicted molar refractivity (Wildman–Crippen MR) is 98.6 cm³/mol. The average Bonchev–Trinajstić information content (AvgIpc) is 2.62. The molecular formula is C18H20N4O4. The van der Waals surface area contributed by atoms with Crippen LogP contribution in [0.2, 0.25) is 0 Å². The van der Waals surface area contributed by atoms with Gasteiger partial charge in [0.1, 0.15) is 0 Å². The van der Waals surface area contributed by atoms with Crippen molar-refractivity contribution in [1.29, 1.82) is 0 Å². The maximum atomic E-state index is 12.0. The molecule has 136 valence electrons. The molecule has 0 bridgehead atoms. The average molecular weight is 356 g/mol. The van der Waals surface area contributed by atoms with Gasteiger partial charge in [-0.1, -0.05) is 17.7 Å². The van der Waals surface area contributed by atoms with Gasteiger partial charge in [0.05, 0.1) is 13.3 Å². The number of hydrogen-bond acceptors (Lipinski definition) is 5. The maximum absolute atomic E-state index is 12.0. The van der Waals surface area contributed by atoms with E-state index in [9.17, 15) is 9.59 Å². The van der Waals surface area contributed by atoms with Crippen molar-refractivity contribution < 1.29 is 19.1 Å². The number of hydrogen-bond donors (Lipinski definition) is 3. The van der Waals surface area contributed by atoms with Gasteiger partial charge in [-0.25, -0.2) is 10.2 Å². The van der Waals surface area contributed by atoms with Gasteiger partial charge in [-0.15, -0.1) is 0 Å². The van der Waals surface area contributed by atoms with Crippen molar-refractivity contribution in [2.24, 2.45) is 10.8 Å². The van der Waals surface area contributed by atoms with Crippen molar-refractivity contribution >= 4 is 23.8 Å². The topological polar surface area (TPSA) is 115 Å². The van der Waals surface area contributed by atoms with Crippen LogP contribution in [0.5, 0.6) is 11.5 Å². The standard InChI is InChI=1S/C18H20N4O4/c1-12-3-6-14(7-4-12)21-17(23)11-26-15-8-5-13(9-16(15)25-2)10-20-22-18(19)24/h3-10H,11H2,1-2H3,(H,21,23)(H3,19,22,24)/b20-10+. The molecule has 0 unspecified atom stereocenters. The third kappa shape index (κ3) is 5.82. The monoisotopic (exact) mass is 356 g/mol. The molecular weight excluding hydrogens is 336 g/mol. The zero-order chi connectivity index (χ0) is 18.9. The van der Waals surface area contributed by atoms with Gasteiger partial charge in [0.15, 0.2) is 18.1 Å². The number of anilines is 1. The second-order valence-electron chi connectivity index (χ2n) is 5.35. The van der Waals surface area contributed by atoms with E-state index in [-0.39, 0.29) is 12.5 Å². The number of nitrogens with two attached hydrogens (primary N) is 1. The van der Waals surface area contributed by atoms with Crippen LogP contribution in [0.1, 0.15) is 11.1 Å². The van der Waals surface area contributed by atoms with Crippen LogP contribution < -0.4 is 25.9 Å². The SMILES string of the molecule is COc1cc(/C=N/NC(N)=O)ccc1OCC(=O)Nc1ccc(C)cc1. The number of primary amides is 1. The van der Waals surface area contributed by atoms with Crippen LogP contribution in [0.15, 0.2) is 47.6 Å². The quantitative estimate of drug-likeness (QED) is 0.520. The Kier molecular flexibility index (Phi) is 6.55. The minimum Gasteiger partial charge on any atom is -0.493 e. The van der Waals surface area contributed by atoms with Gasteiger partial charge in [-0.05, 0) is 42.8 Å². The molecule has 0 fully saturated rings. The Bertz CT molecular complexity index is 803. The second-order valence-corrected chi connectivity index (χ2v) is 5.35. The third-order valence-electron chi connectivity index (χ3n) is 3.27. The van der Waals surface area contributed by atoms with E-state index in [1.807, 2.05) is 31.2 Å². The molecule has 2 aromatic rings. The van der Waals surface area contributed by atoms with E-state index in [1.54, 1.807) is 18.2 Å². The van der Waals surface area contributed by atoms with Crippen LogP contribution in [0.25, 0.3) is 0 Å². The highest BCUT2D eigenvalue weighted by Gasteiger charge is 2.09. The summed E-state index contributed by atoms with van der Waals surface area (Å²) in [6, 6.07) is 11.7. The normalized spacial score (nSPS) is 10.4. The lowest BCUT2D eigenvalue weighted by atomic mass is 10.2. The lowest BCUT2D eigenvalue weighted by Gasteiger charge is -2.11. The summed E-state index contributed by atoms with van der Waals surface area (Å²) < 4.78 is 10.8. The number of nitrogens with zero attached hydrogens (tertiary/aromatic N) is 1. The fraction of sp³-hybridized carbons (Fsp3) is 0.167. The van der Waals surface area contributed by atoms with Crippen molar-refractivity contribution in [3.63, 3.8) is 0 Å². The fourth-order valence-corrected chi connectivity index (χ4v) is 2.03. The number of ether oxygens (including phenoxy) is 2. The molecule has 0 aromatic heterocycles. The molecule has 4 N–H and O–H groups in total. The fourth-order valence-electron chi connectivity index (χ4n) is 2.03. The van der Waals surface area contributed by atoms with E-state index in [0.29, 0.717) is 22.7 Å². The van der Waals surface area contributed by atoms with Crippen molar-refractivity contribution in [1.82, 2.24) is 5.43 Å². The van der Waals surface area contributed by atoms with E-state index in [2.05, 4.69) is 15.8 Å². The Labute approximate surface area is 151 Å². The lowest BCUT2D eigenvalue weighted by molar-refractivity contribution is -0.118. The molecule has 0 saturated carbocycles. The first-order valence-electron chi connectivity index (χ1n) is 7.74. The number of benzene rings is 2. The number of aryl methyl sites for hydroxylation is 1. The maximum Gasteiger partial charge on any atom is 0.332 e. The van der Waals surface area contributed by atoms with E-state index in [0.717, 1.165) is 5.56 Å². The molecule has 8 nitrogen and oxygen atoms in total. The first-order valence-corrected chi connectivity index (χ1v) is 7.74. The van der Waals surface area contributed by atoms with Crippen LogP contribution in [-0.4, -0.2) is 31.9 Å². The van der Waals surface area contributed by atoms with Crippen LogP contribution in [-0.2, 0) is 4.79 Å².